The first-order chi connectivity index (χ1) is 9.26. The zero-order valence-corrected chi connectivity index (χ0v) is 12.6. The molecule has 2 aromatic rings. The van der Waals surface area contributed by atoms with Crippen molar-refractivity contribution in [3.8, 4) is 6.07 Å². The second-order valence-corrected chi connectivity index (χ2v) is 6.47. The van der Waals surface area contributed by atoms with E-state index in [1.807, 2.05) is 12.1 Å². The maximum absolute atomic E-state index is 8.85. The summed E-state index contributed by atoms with van der Waals surface area (Å²) in [4.78, 5) is 6.07. The molecular weight excluding hydrogens is 322 g/mol. The Labute approximate surface area is 124 Å². The van der Waals surface area contributed by atoms with Gasteiger partial charge in [0.15, 0.2) is 5.13 Å². The molecule has 0 saturated heterocycles. The third kappa shape index (κ3) is 2.65. The summed E-state index contributed by atoms with van der Waals surface area (Å²) in [6, 6.07) is 7.66. The average Bonchev–Trinajstić information content (AvgIpc) is 2.83. The van der Waals surface area contributed by atoms with E-state index in [9.17, 15) is 0 Å². The second kappa shape index (κ2) is 5.32. The highest BCUT2D eigenvalue weighted by Crippen LogP contribution is 2.33. The summed E-state index contributed by atoms with van der Waals surface area (Å²) < 4.78 is 0.889. The van der Waals surface area contributed by atoms with Gasteiger partial charge < -0.3 is 5.32 Å². The van der Waals surface area contributed by atoms with Gasteiger partial charge in [-0.15, -0.1) is 11.3 Å². The highest BCUT2D eigenvalue weighted by molar-refractivity contribution is 9.10. The van der Waals surface area contributed by atoms with Gasteiger partial charge in [0, 0.05) is 9.35 Å². The van der Waals surface area contributed by atoms with Gasteiger partial charge in [-0.3, -0.25) is 0 Å². The van der Waals surface area contributed by atoms with Gasteiger partial charge in [-0.1, -0.05) is 0 Å². The van der Waals surface area contributed by atoms with Crippen molar-refractivity contribution in [3.05, 3.63) is 38.8 Å². The normalized spacial score (nSPS) is 13.7. The number of halogens is 1. The third-order valence-corrected chi connectivity index (χ3v) is 4.91. The molecule has 1 aliphatic carbocycles. The monoisotopic (exact) mass is 333 g/mol. The summed E-state index contributed by atoms with van der Waals surface area (Å²) in [5.41, 5.74) is 2.85. The molecule has 1 aliphatic rings. The molecule has 19 heavy (non-hydrogen) atoms. The second-order valence-electron chi connectivity index (χ2n) is 4.53. The molecule has 0 spiro atoms. The fourth-order valence-corrected chi connectivity index (χ4v) is 3.75. The van der Waals surface area contributed by atoms with Gasteiger partial charge in [-0.2, -0.15) is 5.26 Å². The number of benzene rings is 1. The Balaban J connectivity index is 1.85. The van der Waals surface area contributed by atoms with Crippen LogP contribution in [-0.4, -0.2) is 4.98 Å². The molecule has 0 fully saturated rings. The molecule has 0 amide bonds. The van der Waals surface area contributed by atoms with Crippen LogP contribution in [0.5, 0.6) is 0 Å². The molecule has 1 aromatic carbocycles. The minimum absolute atomic E-state index is 0.649. The number of nitriles is 1. The molecule has 0 atom stereocenters. The van der Waals surface area contributed by atoms with Crippen molar-refractivity contribution in [2.75, 3.05) is 5.32 Å². The van der Waals surface area contributed by atoms with Crippen LogP contribution in [0.2, 0.25) is 0 Å². The summed E-state index contributed by atoms with van der Waals surface area (Å²) in [6.45, 7) is 0. The fourth-order valence-electron chi connectivity index (χ4n) is 2.21. The standard InChI is InChI=1S/C14H12BrN3S/c15-10-7-9(8-16)5-6-11(10)17-14-18-12-3-1-2-4-13(12)19-14/h5-7H,1-4H2,(H,17,18). The molecule has 0 saturated carbocycles. The Kier molecular flexibility index (Phi) is 3.54. The first kappa shape index (κ1) is 12.6. The Morgan fingerprint density at radius 2 is 2.16 bits per heavy atom. The average molecular weight is 334 g/mol. The van der Waals surface area contributed by atoms with E-state index in [4.69, 9.17) is 5.26 Å². The molecule has 1 aromatic heterocycles. The molecule has 96 valence electrons. The molecular formula is C14H12BrN3S. The lowest BCUT2D eigenvalue weighted by Crippen LogP contribution is -1.99. The van der Waals surface area contributed by atoms with Crippen LogP contribution in [0.3, 0.4) is 0 Å². The van der Waals surface area contributed by atoms with Crippen LogP contribution in [0.25, 0.3) is 0 Å². The summed E-state index contributed by atoms with van der Waals surface area (Å²) in [7, 11) is 0. The van der Waals surface area contributed by atoms with E-state index in [0.717, 1.165) is 28.1 Å². The van der Waals surface area contributed by atoms with Crippen molar-refractivity contribution in [1.82, 2.24) is 4.98 Å². The molecule has 3 rings (SSSR count). The van der Waals surface area contributed by atoms with E-state index >= 15 is 0 Å². The summed E-state index contributed by atoms with van der Waals surface area (Å²) in [5, 5.41) is 13.1. The van der Waals surface area contributed by atoms with Gasteiger partial charge in [0.1, 0.15) is 0 Å². The largest absolute Gasteiger partial charge is 0.331 e. The van der Waals surface area contributed by atoms with Crippen molar-refractivity contribution >= 4 is 38.1 Å². The minimum atomic E-state index is 0.649. The van der Waals surface area contributed by atoms with E-state index in [0.29, 0.717) is 5.56 Å². The molecule has 5 heteroatoms. The zero-order chi connectivity index (χ0) is 13.2. The van der Waals surface area contributed by atoms with Crippen LogP contribution in [-0.2, 0) is 12.8 Å². The number of thiazole rings is 1. The predicted molar refractivity (Wildman–Crippen MR) is 80.9 cm³/mol. The zero-order valence-electron chi connectivity index (χ0n) is 10.2. The van der Waals surface area contributed by atoms with Gasteiger partial charge in [-0.05, 0) is 59.8 Å². The number of hydrogen-bond acceptors (Lipinski definition) is 4. The Morgan fingerprint density at radius 1 is 1.32 bits per heavy atom. The first-order valence-electron chi connectivity index (χ1n) is 6.21. The number of nitrogens with one attached hydrogen (secondary N) is 1. The lowest BCUT2D eigenvalue weighted by atomic mass is 10.0. The minimum Gasteiger partial charge on any atom is -0.331 e. The Bertz CT molecular complexity index is 634. The van der Waals surface area contributed by atoms with Gasteiger partial charge >= 0.3 is 0 Å². The number of anilines is 2. The highest BCUT2D eigenvalue weighted by atomic mass is 79.9. The molecule has 1 heterocycles. The van der Waals surface area contributed by atoms with Crippen LogP contribution in [0.1, 0.15) is 29.0 Å². The van der Waals surface area contributed by atoms with Crippen LogP contribution >= 0.6 is 27.3 Å². The number of aromatic nitrogens is 1. The van der Waals surface area contributed by atoms with E-state index in [1.165, 1.54) is 23.4 Å². The third-order valence-electron chi connectivity index (χ3n) is 3.19. The van der Waals surface area contributed by atoms with E-state index in [2.05, 4.69) is 32.3 Å². The smallest absolute Gasteiger partial charge is 0.187 e. The Morgan fingerprint density at radius 3 is 2.89 bits per heavy atom. The van der Waals surface area contributed by atoms with Gasteiger partial charge in [-0.25, -0.2) is 4.98 Å². The van der Waals surface area contributed by atoms with Gasteiger partial charge in [0.2, 0.25) is 0 Å². The number of rotatable bonds is 2. The molecule has 1 N–H and O–H groups in total. The van der Waals surface area contributed by atoms with E-state index in [-0.39, 0.29) is 0 Å². The van der Waals surface area contributed by atoms with Gasteiger partial charge in [0.05, 0.1) is 23.0 Å². The predicted octanol–water partition coefficient (Wildman–Crippen LogP) is 4.40. The van der Waals surface area contributed by atoms with Crippen molar-refractivity contribution in [1.29, 1.82) is 5.26 Å². The first-order valence-corrected chi connectivity index (χ1v) is 7.82. The van der Waals surface area contributed by atoms with Crippen LogP contribution in [0.4, 0.5) is 10.8 Å². The number of aryl methyl sites for hydroxylation is 2. The Hall–Kier alpha value is -1.38. The van der Waals surface area contributed by atoms with Crippen LogP contribution < -0.4 is 5.32 Å². The maximum Gasteiger partial charge on any atom is 0.187 e. The quantitative estimate of drug-likeness (QED) is 0.885. The number of fused-ring (bicyclic) bond motifs is 1. The van der Waals surface area contributed by atoms with Crippen molar-refractivity contribution < 1.29 is 0 Å². The fraction of sp³-hybridized carbons (Fsp3) is 0.286. The van der Waals surface area contributed by atoms with E-state index in [1.54, 1.807) is 17.4 Å². The van der Waals surface area contributed by atoms with Gasteiger partial charge in [0.25, 0.3) is 0 Å². The van der Waals surface area contributed by atoms with Crippen molar-refractivity contribution in [3.63, 3.8) is 0 Å². The summed E-state index contributed by atoms with van der Waals surface area (Å²) in [6.07, 6.45) is 4.78. The number of nitrogens with zero attached hydrogens (tertiary/aromatic N) is 2. The van der Waals surface area contributed by atoms with E-state index < -0.39 is 0 Å². The summed E-state index contributed by atoms with van der Waals surface area (Å²) in [5.74, 6) is 0. The lowest BCUT2D eigenvalue weighted by Gasteiger charge is -2.06. The summed E-state index contributed by atoms with van der Waals surface area (Å²) >= 11 is 5.22. The highest BCUT2D eigenvalue weighted by Gasteiger charge is 2.15. The van der Waals surface area contributed by atoms with Crippen molar-refractivity contribution in [2.24, 2.45) is 0 Å². The topological polar surface area (TPSA) is 48.7 Å². The maximum atomic E-state index is 8.85. The molecule has 3 nitrogen and oxygen atoms in total. The SMILES string of the molecule is N#Cc1ccc(Nc2nc3c(s2)CCCC3)c(Br)c1. The molecule has 0 aliphatic heterocycles. The lowest BCUT2D eigenvalue weighted by molar-refractivity contribution is 0.683. The van der Waals surface area contributed by atoms with Crippen molar-refractivity contribution in [2.45, 2.75) is 25.7 Å². The molecule has 0 unspecified atom stereocenters. The van der Waals surface area contributed by atoms with Crippen LogP contribution in [0, 0.1) is 11.3 Å². The molecule has 0 bridgehead atoms. The van der Waals surface area contributed by atoms with Crippen LogP contribution in [0.15, 0.2) is 22.7 Å². The number of hydrogen-bond donors (Lipinski definition) is 1. The molecule has 0 radical (unpaired) electrons.